The van der Waals surface area contributed by atoms with Crippen LogP contribution in [-0.2, 0) is 6.54 Å². The minimum atomic E-state index is 0.0151. The van der Waals surface area contributed by atoms with E-state index in [1.807, 2.05) is 0 Å². The lowest BCUT2D eigenvalue weighted by Crippen LogP contribution is -2.55. The molecule has 1 aromatic carbocycles. The maximum Gasteiger partial charge on any atom is 0.132 e. The SMILES string of the molecule is CC(CC1CC1)N1CCN(c2cc(C3=NCc4ccc(OC5(C)CC5)cc43)ncn2)C[C@H]1C. The molecule has 6 rings (SSSR count). The minimum absolute atomic E-state index is 0.0151. The molecule has 4 aliphatic rings. The third kappa shape index (κ3) is 4.37. The van der Waals surface area contributed by atoms with Crippen LogP contribution < -0.4 is 9.64 Å². The molecule has 2 aromatic rings. The van der Waals surface area contributed by atoms with Crippen LogP contribution in [0, 0.1) is 5.92 Å². The quantitative estimate of drug-likeness (QED) is 0.630. The molecule has 6 heteroatoms. The molecular formula is C27H35N5O. The molecule has 6 nitrogen and oxygen atoms in total. The molecule has 2 aliphatic heterocycles. The van der Waals surface area contributed by atoms with Crippen molar-refractivity contribution in [3.05, 3.63) is 47.4 Å². The normalized spacial score (nSPS) is 24.9. The number of aromatic nitrogens is 2. The summed E-state index contributed by atoms with van der Waals surface area (Å²) in [6, 6.07) is 9.71. The topological polar surface area (TPSA) is 53.9 Å². The van der Waals surface area contributed by atoms with Gasteiger partial charge in [0.25, 0.3) is 0 Å². The van der Waals surface area contributed by atoms with E-state index >= 15 is 0 Å². The molecule has 174 valence electrons. The number of ether oxygens (including phenoxy) is 1. The third-order valence-electron chi connectivity index (χ3n) is 7.90. The molecule has 1 saturated heterocycles. The summed E-state index contributed by atoms with van der Waals surface area (Å²) in [5, 5.41) is 0. The highest BCUT2D eigenvalue weighted by molar-refractivity contribution is 6.14. The zero-order valence-electron chi connectivity index (χ0n) is 20.1. The van der Waals surface area contributed by atoms with Gasteiger partial charge in [-0.25, -0.2) is 9.97 Å². The maximum atomic E-state index is 6.21. The van der Waals surface area contributed by atoms with Crippen LogP contribution in [0.4, 0.5) is 5.82 Å². The van der Waals surface area contributed by atoms with E-state index in [-0.39, 0.29) is 5.60 Å². The Hall–Kier alpha value is -2.47. The third-order valence-corrected chi connectivity index (χ3v) is 7.90. The van der Waals surface area contributed by atoms with Crippen molar-refractivity contribution in [3.8, 4) is 5.75 Å². The largest absolute Gasteiger partial charge is 0.488 e. The minimum Gasteiger partial charge on any atom is -0.488 e. The maximum absolute atomic E-state index is 6.21. The van der Waals surface area contributed by atoms with Crippen molar-refractivity contribution >= 4 is 11.5 Å². The summed E-state index contributed by atoms with van der Waals surface area (Å²) in [5.74, 6) is 2.92. The Morgan fingerprint density at radius 2 is 2.00 bits per heavy atom. The van der Waals surface area contributed by atoms with Gasteiger partial charge in [0.1, 0.15) is 23.5 Å². The molecule has 0 N–H and O–H groups in total. The number of nitrogens with zero attached hydrogens (tertiary/aromatic N) is 5. The molecule has 0 bridgehead atoms. The summed E-state index contributed by atoms with van der Waals surface area (Å²) in [6.07, 6.45) is 8.18. The molecule has 0 spiro atoms. The lowest BCUT2D eigenvalue weighted by molar-refractivity contribution is 0.128. The summed E-state index contributed by atoms with van der Waals surface area (Å²) in [7, 11) is 0. The van der Waals surface area contributed by atoms with E-state index in [4.69, 9.17) is 9.73 Å². The molecule has 1 unspecified atom stereocenters. The van der Waals surface area contributed by atoms with Gasteiger partial charge in [-0.3, -0.25) is 9.89 Å². The number of rotatable bonds is 7. The van der Waals surface area contributed by atoms with Gasteiger partial charge in [0.05, 0.1) is 18.0 Å². The fourth-order valence-corrected chi connectivity index (χ4v) is 5.46. The number of aliphatic imine (C=N–C) groups is 1. The van der Waals surface area contributed by atoms with Crippen molar-refractivity contribution in [2.75, 3.05) is 24.5 Å². The summed E-state index contributed by atoms with van der Waals surface area (Å²) in [6.45, 7) is 10.8. The van der Waals surface area contributed by atoms with E-state index in [0.717, 1.165) is 66.9 Å². The number of benzene rings is 1. The second-order valence-electron chi connectivity index (χ2n) is 10.9. The van der Waals surface area contributed by atoms with Gasteiger partial charge in [-0.15, -0.1) is 0 Å². The van der Waals surface area contributed by atoms with Gasteiger partial charge in [0.2, 0.25) is 0 Å². The van der Waals surface area contributed by atoms with Crippen molar-refractivity contribution in [1.82, 2.24) is 14.9 Å². The van der Waals surface area contributed by atoms with Crippen LogP contribution in [0.3, 0.4) is 0 Å². The first kappa shape index (κ1) is 21.1. The average molecular weight is 446 g/mol. The van der Waals surface area contributed by atoms with Gasteiger partial charge >= 0.3 is 0 Å². The fraction of sp³-hybridized carbons (Fsp3) is 0.593. The van der Waals surface area contributed by atoms with Gasteiger partial charge in [0.15, 0.2) is 0 Å². The van der Waals surface area contributed by atoms with Crippen LogP contribution in [0.25, 0.3) is 0 Å². The molecule has 3 heterocycles. The Balaban J connectivity index is 1.18. The highest BCUT2D eigenvalue weighted by Crippen LogP contribution is 2.40. The van der Waals surface area contributed by atoms with Gasteiger partial charge in [-0.2, -0.15) is 0 Å². The Labute approximate surface area is 197 Å². The fourth-order valence-electron chi connectivity index (χ4n) is 5.46. The second kappa shape index (κ2) is 8.08. The van der Waals surface area contributed by atoms with Gasteiger partial charge < -0.3 is 9.64 Å². The van der Waals surface area contributed by atoms with Crippen LogP contribution in [0.15, 0.2) is 35.6 Å². The molecule has 1 aromatic heterocycles. The zero-order chi connectivity index (χ0) is 22.6. The molecule has 2 saturated carbocycles. The van der Waals surface area contributed by atoms with E-state index < -0.39 is 0 Å². The van der Waals surface area contributed by atoms with Crippen molar-refractivity contribution in [1.29, 1.82) is 0 Å². The summed E-state index contributed by atoms with van der Waals surface area (Å²) in [5.41, 5.74) is 4.27. The zero-order valence-corrected chi connectivity index (χ0v) is 20.1. The second-order valence-corrected chi connectivity index (χ2v) is 10.9. The van der Waals surface area contributed by atoms with E-state index in [1.54, 1.807) is 6.33 Å². The van der Waals surface area contributed by atoms with Crippen LogP contribution in [0.5, 0.6) is 5.75 Å². The summed E-state index contributed by atoms with van der Waals surface area (Å²) in [4.78, 5) is 19.2. The first-order valence-electron chi connectivity index (χ1n) is 12.7. The lowest BCUT2D eigenvalue weighted by atomic mass is 10.0. The molecule has 33 heavy (non-hydrogen) atoms. The summed E-state index contributed by atoms with van der Waals surface area (Å²) < 4.78 is 6.21. The molecule has 0 amide bonds. The molecule has 0 radical (unpaired) electrons. The number of hydrogen-bond donors (Lipinski definition) is 0. The van der Waals surface area contributed by atoms with Crippen molar-refractivity contribution in [2.24, 2.45) is 10.9 Å². The van der Waals surface area contributed by atoms with Crippen LogP contribution in [0.2, 0.25) is 0 Å². The van der Waals surface area contributed by atoms with Gasteiger partial charge in [-0.1, -0.05) is 18.9 Å². The van der Waals surface area contributed by atoms with Crippen molar-refractivity contribution in [3.63, 3.8) is 0 Å². The van der Waals surface area contributed by atoms with Crippen molar-refractivity contribution in [2.45, 2.75) is 77.1 Å². The first-order chi connectivity index (χ1) is 16.0. The van der Waals surface area contributed by atoms with E-state index in [1.165, 1.54) is 24.8 Å². The average Bonchev–Trinajstić information content (AvgIpc) is 3.72. The van der Waals surface area contributed by atoms with Crippen molar-refractivity contribution < 1.29 is 4.74 Å². The Bertz CT molecular complexity index is 1070. The number of fused-ring (bicyclic) bond motifs is 1. The Morgan fingerprint density at radius 1 is 1.15 bits per heavy atom. The standard InChI is InChI=1S/C27H35N5O/c1-18(12-20-4-5-20)32-11-10-31(16-19(32)2)25-14-24(29-17-30-25)26-23-13-22(33-27(3)8-9-27)7-6-21(23)15-28-26/h6-7,13-14,17-20H,4-5,8-12,15-16H2,1-3H3/t18?,19-/m1/s1. The smallest absolute Gasteiger partial charge is 0.132 e. The molecule has 2 aliphatic carbocycles. The number of piperazine rings is 1. The number of hydrogen-bond acceptors (Lipinski definition) is 6. The highest BCUT2D eigenvalue weighted by Gasteiger charge is 2.40. The predicted octanol–water partition coefficient (Wildman–Crippen LogP) is 4.46. The van der Waals surface area contributed by atoms with Crippen LogP contribution in [0.1, 0.15) is 69.7 Å². The number of anilines is 1. The first-order valence-corrected chi connectivity index (χ1v) is 12.7. The van der Waals surface area contributed by atoms with E-state index in [2.05, 4.69) is 64.8 Å². The Morgan fingerprint density at radius 3 is 2.76 bits per heavy atom. The van der Waals surface area contributed by atoms with E-state index in [0.29, 0.717) is 18.6 Å². The summed E-state index contributed by atoms with van der Waals surface area (Å²) >= 11 is 0. The molecule has 2 atom stereocenters. The van der Waals surface area contributed by atoms with Crippen LogP contribution >= 0.6 is 0 Å². The van der Waals surface area contributed by atoms with E-state index in [9.17, 15) is 0 Å². The Kier molecular flexibility index (Phi) is 5.17. The highest BCUT2D eigenvalue weighted by atomic mass is 16.5. The predicted molar refractivity (Wildman–Crippen MR) is 131 cm³/mol. The van der Waals surface area contributed by atoms with Crippen LogP contribution in [-0.4, -0.2) is 57.9 Å². The molecular weight excluding hydrogens is 410 g/mol. The molecule has 3 fully saturated rings. The lowest BCUT2D eigenvalue weighted by Gasteiger charge is -2.43. The van der Waals surface area contributed by atoms with Gasteiger partial charge in [-0.05, 0) is 63.6 Å². The van der Waals surface area contributed by atoms with Gasteiger partial charge in [0, 0.05) is 43.3 Å². The monoisotopic (exact) mass is 445 g/mol.